The average Bonchev–Trinajstić information content (AvgIpc) is 2.29. The first-order chi connectivity index (χ1) is 8.01. The van der Waals surface area contributed by atoms with E-state index in [9.17, 15) is 8.42 Å². The molecule has 18 heavy (non-hydrogen) atoms. The Hall–Kier alpha value is -0.580. The highest BCUT2D eigenvalue weighted by Crippen LogP contribution is 2.24. The second-order valence-corrected chi connectivity index (χ2v) is 6.98. The van der Waals surface area contributed by atoms with Gasteiger partial charge >= 0.3 is 0 Å². The molecular weight excluding hydrogens is 270 g/mol. The summed E-state index contributed by atoms with van der Waals surface area (Å²) in [5.74, 6) is 0. The van der Waals surface area contributed by atoms with Crippen molar-refractivity contribution in [1.29, 1.82) is 0 Å². The van der Waals surface area contributed by atoms with Gasteiger partial charge in [0, 0.05) is 6.54 Å². The lowest BCUT2D eigenvalue weighted by molar-refractivity contribution is 0.496. The van der Waals surface area contributed by atoms with Gasteiger partial charge < -0.3 is 5.32 Å². The lowest BCUT2D eigenvalue weighted by atomic mass is 10.1. The first-order valence-electron chi connectivity index (χ1n) is 6.03. The average molecular weight is 290 g/mol. The Morgan fingerprint density at radius 1 is 1.28 bits per heavy atom. The van der Waals surface area contributed by atoms with Crippen molar-refractivity contribution in [3.8, 4) is 0 Å². The zero-order valence-electron chi connectivity index (χ0n) is 10.8. The molecule has 1 aromatic carbocycles. The molecule has 3 nitrogen and oxygen atoms in total. The van der Waals surface area contributed by atoms with Crippen LogP contribution < -0.4 is 5.32 Å². The summed E-state index contributed by atoms with van der Waals surface area (Å²) in [4.78, 5) is 0.497. The molecule has 1 N–H and O–H groups in total. The van der Waals surface area contributed by atoms with Crippen LogP contribution >= 0.6 is 12.4 Å². The van der Waals surface area contributed by atoms with Crippen molar-refractivity contribution in [2.75, 3.05) is 13.1 Å². The van der Waals surface area contributed by atoms with E-state index in [4.69, 9.17) is 0 Å². The first kappa shape index (κ1) is 15.5. The van der Waals surface area contributed by atoms with Crippen molar-refractivity contribution >= 4 is 22.2 Å². The molecule has 1 aliphatic rings. The second kappa shape index (κ2) is 6.04. The lowest BCUT2D eigenvalue weighted by Gasteiger charge is -2.23. The number of hydrogen-bond donors (Lipinski definition) is 1. The van der Waals surface area contributed by atoms with Gasteiger partial charge in [-0.25, -0.2) is 8.42 Å². The summed E-state index contributed by atoms with van der Waals surface area (Å²) in [5.41, 5.74) is 1.96. The van der Waals surface area contributed by atoms with Crippen LogP contribution in [0.25, 0.3) is 0 Å². The Morgan fingerprint density at radius 2 is 2.00 bits per heavy atom. The number of rotatable bonds is 2. The molecule has 1 fully saturated rings. The molecule has 1 aromatic rings. The van der Waals surface area contributed by atoms with Gasteiger partial charge in [-0.3, -0.25) is 0 Å². The molecule has 0 aliphatic carbocycles. The maximum absolute atomic E-state index is 12.5. The largest absolute Gasteiger partial charge is 0.315 e. The van der Waals surface area contributed by atoms with Crippen LogP contribution in [0.3, 0.4) is 0 Å². The Morgan fingerprint density at radius 3 is 2.56 bits per heavy atom. The summed E-state index contributed by atoms with van der Waals surface area (Å²) in [5, 5.41) is 2.90. The topological polar surface area (TPSA) is 46.2 Å². The van der Waals surface area contributed by atoms with Crippen LogP contribution in [-0.4, -0.2) is 26.8 Å². The number of hydrogen-bond acceptors (Lipinski definition) is 3. The molecule has 102 valence electrons. The number of sulfone groups is 1. The summed E-state index contributed by atoms with van der Waals surface area (Å²) >= 11 is 0. The predicted molar refractivity (Wildman–Crippen MR) is 76.2 cm³/mol. The minimum Gasteiger partial charge on any atom is -0.315 e. The van der Waals surface area contributed by atoms with Crippen molar-refractivity contribution in [1.82, 2.24) is 5.32 Å². The smallest absolute Gasteiger partial charge is 0.182 e. The maximum Gasteiger partial charge on any atom is 0.182 e. The van der Waals surface area contributed by atoms with Gasteiger partial charge in [0.05, 0.1) is 10.1 Å². The number of nitrogens with one attached hydrogen (secondary N) is 1. The van der Waals surface area contributed by atoms with Gasteiger partial charge in [0.2, 0.25) is 0 Å². The van der Waals surface area contributed by atoms with E-state index in [0.29, 0.717) is 11.4 Å². The minimum absolute atomic E-state index is 0. The van der Waals surface area contributed by atoms with Gasteiger partial charge in [0.1, 0.15) is 0 Å². The monoisotopic (exact) mass is 289 g/mol. The highest BCUT2D eigenvalue weighted by molar-refractivity contribution is 7.92. The van der Waals surface area contributed by atoms with Crippen molar-refractivity contribution in [3.63, 3.8) is 0 Å². The lowest BCUT2D eigenvalue weighted by Crippen LogP contribution is -2.39. The van der Waals surface area contributed by atoms with E-state index in [-0.39, 0.29) is 17.7 Å². The number of aryl methyl sites for hydroxylation is 2. The first-order valence-corrected chi connectivity index (χ1v) is 7.58. The van der Waals surface area contributed by atoms with Gasteiger partial charge in [-0.15, -0.1) is 12.4 Å². The molecule has 0 radical (unpaired) electrons. The van der Waals surface area contributed by atoms with Crippen LogP contribution in [0.15, 0.2) is 23.1 Å². The van der Waals surface area contributed by atoms with Crippen molar-refractivity contribution in [3.05, 3.63) is 29.3 Å². The van der Waals surface area contributed by atoms with Crippen LogP contribution in [-0.2, 0) is 9.84 Å². The van der Waals surface area contributed by atoms with Crippen molar-refractivity contribution in [2.45, 2.75) is 36.8 Å². The molecule has 1 atom stereocenters. The van der Waals surface area contributed by atoms with E-state index in [1.165, 1.54) is 0 Å². The van der Waals surface area contributed by atoms with Crippen LogP contribution in [0.1, 0.15) is 24.0 Å². The Labute approximate surface area is 115 Å². The molecule has 0 spiro atoms. The van der Waals surface area contributed by atoms with E-state index in [0.717, 1.165) is 30.5 Å². The fourth-order valence-corrected chi connectivity index (χ4v) is 4.32. The summed E-state index contributed by atoms with van der Waals surface area (Å²) in [6.45, 7) is 5.36. The fourth-order valence-electron chi connectivity index (χ4n) is 2.38. The maximum atomic E-state index is 12.5. The third-order valence-corrected chi connectivity index (χ3v) is 5.68. The Kier molecular flexibility index (Phi) is 5.20. The molecule has 0 saturated carbocycles. The molecule has 1 aliphatic heterocycles. The Balaban J connectivity index is 0.00000162. The predicted octanol–water partition coefficient (Wildman–Crippen LogP) is 2.25. The van der Waals surface area contributed by atoms with Crippen molar-refractivity contribution < 1.29 is 8.42 Å². The fraction of sp³-hybridized carbons (Fsp3) is 0.538. The van der Waals surface area contributed by atoms with Crippen molar-refractivity contribution in [2.24, 2.45) is 0 Å². The SMILES string of the molecule is Cc1ccc(S(=O)(=O)C2CCCNC2)c(C)c1.Cl. The summed E-state index contributed by atoms with van der Waals surface area (Å²) in [7, 11) is -3.17. The molecule has 5 heteroatoms. The van der Waals surface area contributed by atoms with E-state index >= 15 is 0 Å². The molecule has 1 unspecified atom stereocenters. The summed E-state index contributed by atoms with van der Waals surface area (Å²) < 4.78 is 25.0. The highest BCUT2D eigenvalue weighted by atomic mass is 35.5. The van der Waals surface area contributed by atoms with Crippen LogP contribution in [0, 0.1) is 13.8 Å². The third-order valence-electron chi connectivity index (χ3n) is 3.33. The molecule has 2 rings (SSSR count). The quantitative estimate of drug-likeness (QED) is 0.908. The number of halogens is 1. The normalized spacial score (nSPS) is 20.2. The van der Waals surface area contributed by atoms with Gasteiger partial charge in [0.25, 0.3) is 0 Å². The van der Waals surface area contributed by atoms with E-state index in [1.54, 1.807) is 6.07 Å². The molecule has 0 aromatic heterocycles. The number of benzene rings is 1. The van der Waals surface area contributed by atoms with Crippen LogP contribution in [0.2, 0.25) is 0 Å². The van der Waals surface area contributed by atoms with E-state index in [1.807, 2.05) is 26.0 Å². The highest BCUT2D eigenvalue weighted by Gasteiger charge is 2.29. The summed E-state index contributed by atoms with van der Waals surface area (Å²) in [6.07, 6.45) is 1.71. The Bertz CT molecular complexity index is 508. The molecular formula is C13H20ClNO2S. The standard InChI is InChI=1S/C13H19NO2S.ClH/c1-10-5-6-13(11(2)8-10)17(15,16)12-4-3-7-14-9-12;/h5-6,8,12,14H,3-4,7,9H2,1-2H3;1H. The van der Waals surface area contributed by atoms with E-state index in [2.05, 4.69) is 5.32 Å². The second-order valence-electron chi connectivity index (χ2n) is 4.78. The van der Waals surface area contributed by atoms with Crippen LogP contribution in [0.4, 0.5) is 0 Å². The van der Waals surface area contributed by atoms with Gasteiger partial charge in [-0.05, 0) is 44.9 Å². The third kappa shape index (κ3) is 3.05. The zero-order valence-corrected chi connectivity index (χ0v) is 12.4. The number of piperidine rings is 1. The molecule has 0 bridgehead atoms. The zero-order chi connectivity index (χ0) is 12.5. The molecule has 0 amide bonds. The van der Waals surface area contributed by atoms with Gasteiger partial charge in [-0.2, -0.15) is 0 Å². The van der Waals surface area contributed by atoms with Gasteiger partial charge in [-0.1, -0.05) is 17.7 Å². The minimum atomic E-state index is -3.17. The van der Waals surface area contributed by atoms with Gasteiger partial charge in [0.15, 0.2) is 9.84 Å². The molecule has 1 heterocycles. The van der Waals surface area contributed by atoms with E-state index < -0.39 is 9.84 Å². The van der Waals surface area contributed by atoms with Crippen LogP contribution in [0.5, 0.6) is 0 Å². The molecule has 1 saturated heterocycles. The summed E-state index contributed by atoms with van der Waals surface area (Å²) in [6, 6.07) is 5.55.